The summed E-state index contributed by atoms with van der Waals surface area (Å²) in [4.78, 5) is 20.2. The number of amides is 1. The average Bonchev–Trinajstić information content (AvgIpc) is 2.34. The molecule has 0 aliphatic rings. The number of carbonyl (C=O) groups excluding carboxylic acids is 1. The van der Waals surface area contributed by atoms with Crippen LogP contribution in [0.15, 0.2) is 11.2 Å². The van der Waals surface area contributed by atoms with Crippen molar-refractivity contribution < 1.29 is 9.53 Å². The number of carbonyl (C=O) groups is 1. The maximum atomic E-state index is 11.6. The van der Waals surface area contributed by atoms with Gasteiger partial charge in [-0.25, -0.2) is 14.8 Å². The first kappa shape index (κ1) is 18.6. The standard InChI is InChI=1S/C12H16Cl3N3O2S/c1-11(2,3)7-5-8(17-9(16-7)21-4)18-10(19)20-6-12(13,14)15/h5H,6H2,1-4H3,(H,16,17,18,19). The summed E-state index contributed by atoms with van der Waals surface area (Å²) >= 11 is 17.9. The number of rotatable bonds is 3. The first-order valence-corrected chi connectivity index (χ1v) is 8.31. The number of hydrogen-bond acceptors (Lipinski definition) is 5. The predicted molar refractivity (Wildman–Crippen MR) is 87.8 cm³/mol. The van der Waals surface area contributed by atoms with Gasteiger partial charge in [0, 0.05) is 11.5 Å². The Balaban J connectivity index is 2.85. The molecule has 1 amide bonds. The van der Waals surface area contributed by atoms with E-state index in [9.17, 15) is 4.79 Å². The summed E-state index contributed by atoms with van der Waals surface area (Å²) in [5.74, 6) is 0.341. The number of halogens is 3. The lowest BCUT2D eigenvalue weighted by Gasteiger charge is -2.19. The van der Waals surface area contributed by atoms with Crippen molar-refractivity contribution in [3.05, 3.63) is 11.8 Å². The van der Waals surface area contributed by atoms with Gasteiger partial charge in [-0.3, -0.25) is 5.32 Å². The van der Waals surface area contributed by atoms with Crippen LogP contribution in [-0.4, -0.2) is 32.7 Å². The lowest BCUT2D eigenvalue weighted by Crippen LogP contribution is -2.22. The van der Waals surface area contributed by atoms with Gasteiger partial charge in [-0.2, -0.15) is 0 Å². The van der Waals surface area contributed by atoms with E-state index in [0.717, 1.165) is 5.69 Å². The largest absolute Gasteiger partial charge is 0.445 e. The molecule has 5 nitrogen and oxygen atoms in total. The van der Waals surface area contributed by atoms with Gasteiger partial charge in [0.1, 0.15) is 12.4 Å². The van der Waals surface area contributed by atoms with Crippen LogP contribution in [0.4, 0.5) is 10.6 Å². The van der Waals surface area contributed by atoms with Crippen molar-refractivity contribution in [2.24, 2.45) is 0 Å². The molecule has 1 aromatic heterocycles. The van der Waals surface area contributed by atoms with Gasteiger partial charge in [0.05, 0.1) is 5.69 Å². The third-order valence-corrected chi connectivity index (χ3v) is 3.13. The smallest absolute Gasteiger partial charge is 0.412 e. The Bertz CT molecular complexity index is 515. The molecule has 0 fully saturated rings. The monoisotopic (exact) mass is 371 g/mol. The minimum atomic E-state index is -1.65. The molecule has 0 bridgehead atoms. The van der Waals surface area contributed by atoms with Crippen LogP contribution in [0.1, 0.15) is 26.5 Å². The Labute approximate surface area is 143 Å². The second-order valence-corrected chi connectivity index (χ2v) is 8.48. The van der Waals surface area contributed by atoms with Crippen LogP contribution in [0.3, 0.4) is 0 Å². The molecule has 0 spiro atoms. The Hall–Kier alpha value is -0.430. The Kier molecular flexibility index (Phi) is 6.40. The van der Waals surface area contributed by atoms with Crippen LogP contribution in [0.25, 0.3) is 0 Å². The molecule has 0 atom stereocenters. The summed E-state index contributed by atoms with van der Waals surface area (Å²) in [7, 11) is 0. The van der Waals surface area contributed by atoms with Crippen molar-refractivity contribution in [3.63, 3.8) is 0 Å². The molecule has 1 aromatic rings. The van der Waals surface area contributed by atoms with Crippen LogP contribution in [0.2, 0.25) is 0 Å². The van der Waals surface area contributed by atoms with E-state index in [2.05, 4.69) is 15.3 Å². The molecule has 0 saturated carbocycles. The molecule has 0 aromatic carbocycles. The van der Waals surface area contributed by atoms with E-state index in [0.29, 0.717) is 11.0 Å². The van der Waals surface area contributed by atoms with E-state index in [-0.39, 0.29) is 12.0 Å². The molecule has 0 aliphatic heterocycles. The van der Waals surface area contributed by atoms with Crippen molar-refractivity contribution in [1.29, 1.82) is 0 Å². The van der Waals surface area contributed by atoms with Gasteiger partial charge in [0.25, 0.3) is 0 Å². The number of thioether (sulfide) groups is 1. The molecule has 0 unspecified atom stereocenters. The second kappa shape index (κ2) is 7.22. The summed E-state index contributed by atoms with van der Waals surface area (Å²) in [6.07, 6.45) is 1.11. The van der Waals surface area contributed by atoms with Crippen LogP contribution < -0.4 is 5.32 Å². The summed E-state index contributed by atoms with van der Waals surface area (Å²) < 4.78 is 3.15. The minimum absolute atomic E-state index is 0.175. The molecule has 0 saturated heterocycles. The van der Waals surface area contributed by atoms with Gasteiger partial charge in [-0.05, 0) is 6.26 Å². The molecular weight excluding hydrogens is 357 g/mol. The lowest BCUT2D eigenvalue weighted by molar-refractivity contribution is 0.164. The Morgan fingerprint density at radius 1 is 1.33 bits per heavy atom. The highest BCUT2D eigenvalue weighted by molar-refractivity contribution is 7.98. The molecule has 9 heteroatoms. The van der Waals surface area contributed by atoms with Crippen molar-refractivity contribution in [2.75, 3.05) is 18.2 Å². The fraction of sp³-hybridized carbons (Fsp3) is 0.583. The van der Waals surface area contributed by atoms with Gasteiger partial charge in [0.15, 0.2) is 5.16 Å². The van der Waals surface area contributed by atoms with Gasteiger partial charge in [-0.1, -0.05) is 67.3 Å². The average molecular weight is 373 g/mol. The summed E-state index contributed by atoms with van der Waals surface area (Å²) in [5.41, 5.74) is 0.629. The van der Waals surface area contributed by atoms with E-state index in [1.165, 1.54) is 11.8 Å². The fourth-order valence-electron chi connectivity index (χ4n) is 1.25. The Morgan fingerprint density at radius 3 is 2.43 bits per heavy atom. The topological polar surface area (TPSA) is 64.1 Å². The first-order chi connectivity index (χ1) is 9.51. The highest BCUT2D eigenvalue weighted by Crippen LogP contribution is 2.27. The number of nitrogens with zero attached hydrogens (tertiary/aromatic N) is 2. The molecule has 1 heterocycles. The third-order valence-electron chi connectivity index (χ3n) is 2.25. The van der Waals surface area contributed by atoms with Crippen LogP contribution in [0, 0.1) is 0 Å². The fourth-order valence-corrected chi connectivity index (χ4v) is 1.80. The zero-order chi connectivity index (χ0) is 16.3. The molecule has 0 aliphatic carbocycles. The highest BCUT2D eigenvalue weighted by Gasteiger charge is 2.23. The van der Waals surface area contributed by atoms with Crippen LogP contribution in [0.5, 0.6) is 0 Å². The number of anilines is 1. The van der Waals surface area contributed by atoms with Crippen molar-refractivity contribution in [1.82, 2.24) is 9.97 Å². The molecular formula is C12H16Cl3N3O2S. The number of nitrogens with one attached hydrogen (secondary N) is 1. The minimum Gasteiger partial charge on any atom is -0.445 e. The van der Waals surface area contributed by atoms with Gasteiger partial charge in [-0.15, -0.1) is 0 Å². The molecule has 0 radical (unpaired) electrons. The van der Waals surface area contributed by atoms with Crippen LogP contribution in [-0.2, 0) is 10.2 Å². The van der Waals surface area contributed by atoms with E-state index in [1.807, 2.05) is 27.0 Å². The first-order valence-electron chi connectivity index (χ1n) is 5.95. The van der Waals surface area contributed by atoms with Gasteiger partial charge >= 0.3 is 6.09 Å². The lowest BCUT2D eigenvalue weighted by atomic mass is 9.92. The van der Waals surface area contributed by atoms with E-state index >= 15 is 0 Å². The van der Waals surface area contributed by atoms with Crippen molar-refractivity contribution in [3.8, 4) is 0 Å². The zero-order valence-corrected chi connectivity index (χ0v) is 15.1. The summed E-state index contributed by atoms with van der Waals surface area (Å²) in [6.45, 7) is 5.70. The quantitative estimate of drug-likeness (QED) is 0.483. The van der Waals surface area contributed by atoms with Crippen molar-refractivity contribution in [2.45, 2.75) is 35.1 Å². The second-order valence-electron chi connectivity index (χ2n) is 5.19. The zero-order valence-electron chi connectivity index (χ0n) is 12.0. The maximum Gasteiger partial charge on any atom is 0.412 e. The number of alkyl halides is 3. The third kappa shape index (κ3) is 6.91. The van der Waals surface area contributed by atoms with Crippen LogP contribution >= 0.6 is 46.6 Å². The summed E-state index contributed by atoms with van der Waals surface area (Å²) in [6, 6.07) is 1.69. The van der Waals surface area contributed by atoms with Crippen molar-refractivity contribution >= 4 is 58.5 Å². The van der Waals surface area contributed by atoms with Gasteiger partial charge in [0.2, 0.25) is 3.79 Å². The molecule has 21 heavy (non-hydrogen) atoms. The molecule has 1 rings (SSSR count). The van der Waals surface area contributed by atoms with Gasteiger partial charge < -0.3 is 4.74 Å². The number of hydrogen-bond donors (Lipinski definition) is 1. The Morgan fingerprint density at radius 2 is 1.95 bits per heavy atom. The molecule has 1 N–H and O–H groups in total. The molecule has 118 valence electrons. The van der Waals surface area contributed by atoms with E-state index in [1.54, 1.807) is 6.07 Å². The predicted octanol–water partition coefficient (Wildman–Crippen LogP) is 4.41. The van der Waals surface area contributed by atoms with E-state index in [4.69, 9.17) is 39.5 Å². The maximum absolute atomic E-state index is 11.6. The number of ether oxygens (including phenoxy) is 1. The SMILES string of the molecule is CSc1nc(NC(=O)OCC(Cl)(Cl)Cl)cc(C(C)(C)C)n1. The number of aromatic nitrogens is 2. The van der Waals surface area contributed by atoms with E-state index < -0.39 is 9.89 Å². The highest BCUT2D eigenvalue weighted by atomic mass is 35.6. The summed E-state index contributed by atoms with van der Waals surface area (Å²) in [5, 5.41) is 3.05. The normalized spacial score (nSPS) is 12.1.